The van der Waals surface area contributed by atoms with Crippen LogP contribution in [-0.2, 0) is 4.79 Å². The zero-order valence-electron chi connectivity index (χ0n) is 18.7. The molecule has 1 unspecified atom stereocenters. The number of hydrogen-bond donors (Lipinski definition) is 4. The van der Waals surface area contributed by atoms with Gasteiger partial charge >= 0.3 is 6.03 Å². The number of ether oxygens (including phenoxy) is 1. The van der Waals surface area contributed by atoms with E-state index in [1.165, 1.54) is 31.7 Å². The molecule has 0 aromatic heterocycles. The van der Waals surface area contributed by atoms with Crippen LogP contribution in [0.5, 0.6) is 5.75 Å². The molecule has 1 aliphatic carbocycles. The molecule has 0 bridgehead atoms. The van der Waals surface area contributed by atoms with Crippen molar-refractivity contribution in [2.24, 2.45) is 0 Å². The van der Waals surface area contributed by atoms with Gasteiger partial charge in [0.15, 0.2) is 0 Å². The van der Waals surface area contributed by atoms with E-state index in [4.69, 9.17) is 4.74 Å². The summed E-state index contributed by atoms with van der Waals surface area (Å²) in [4.78, 5) is 37.1. The Labute approximate surface area is 192 Å². The lowest BCUT2D eigenvalue weighted by atomic mass is 9.96. The monoisotopic (exact) mass is 456 g/mol. The Morgan fingerprint density at radius 3 is 2.52 bits per heavy atom. The molecule has 33 heavy (non-hydrogen) atoms. The number of carbonyl (C=O) groups is 3. The maximum atomic E-state index is 13.4. The Morgan fingerprint density at radius 1 is 1.06 bits per heavy atom. The zero-order valence-corrected chi connectivity index (χ0v) is 18.7. The molecule has 1 fully saturated rings. The van der Waals surface area contributed by atoms with E-state index < -0.39 is 29.7 Å². The largest absolute Gasteiger partial charge is 0.495 e. The molecule has 0 radical (unpaired) electrons. The van der Waals surface area contributed by atoms with Crippen LogP contribution >= 0.6 is 0 Å². The number of hydrogen-bond acceptors (Lipinski definition) is 5. The van der Waals surface area contributed by atoms with E-state index in [1.807, 2.05) is 0 Å². The molecule has 1 atom stereocenters. The number of rotatable bonds is 7. The van der Waals surface area contributed by atoms with Gasteiger partial charge in [0.2, 0.25) is 5.91 Å². The maximum Gasteiger partial charge on any atom is 0.321 e. The van der Waals surface area contributed by atoms with Crippen molar-refractivity contribution in [3.8, 4) is 5.75 Å². The fourth-order valence-electron chi connectivity index (χ4n) is 3.72. The number of nitrogens with one attached hydrogen (secondary N) is 4. The third-order valence-corrected chi connectivity index (χ3v) is 5.49. The highest BCUT2D eigenvalue weighted by molar-refractivity contribution is 6.05. The van der Waals surface area contributed by atoms with Crippen molar-refractivity contribution < 1.29 is 23.5 Å². The minimum atomic E-state index is -0.720. The molecule has 8 nitrogen and oxygen atoms in total. The summed E-state index contributed by atoms with van der Waals surface area (Å²) >= 11 is 0. The van der Waals surface area contributed by atoms with Gasteiger partial charge in [0.05, 0.1) is 12.8 Å². The van der Waals surface area contributed by atoms with Gasteiger partial charge in [0.25, 0.3) is 5.91 Å². The average molecular weight is 457 g/mol. The molecule has 0 saturated heterocycles. The lowest BCUT2D eigenvalue weighted by Crippen LogP contribution is -2.49. The van der Waals surface area contributed by atoms with Gasteiger partial charge in [0, 0.05) is 17.3 Å². The number of halogens is 1. The van der Waals surface area contributed by atoms with E-state index in [2.05, 4.69) is 21.3 Å². The first-order chi connectivity index (χ1) is 15.9. The lowest BCUT2D eigenvalue weighted by molar-refractivity contribution is -0.120. The summed E-state index contributed by atoms with van der Waals surface area (Å²) in [6.45, 7) is 1.62. The summed E-state index contributed by atoms with van der Waals surface area (Å²) in [6, 6.07) is 9.12. The first kappa shape index (κ1) is 24.0. The standard InChI is InChI=1S/C24H29FN4O4/c1-15(22(30)29-24(32)27-18-9-4-3-5-10-18)26-19-11-12-21(33-2)20(14-19)28-23(31)16-7-6-8-17(25)13-16/h6-8,11-15,18,26H,3-5,9-10H2,1-2H3,(H,28,31)(H2,27,29,30,32). The molecule has 9 heteroatoms. The van der Waals surface area contributed by atoms with Gasteiger partial charge in [-0.3, -0.25) is 14.9 Å². The summed E-state index contributed by atoms with van der Waals surface area (Å²) in [5.74, 6) is -1.11. The number of amides is 4. The fraction of sp³-hybridized carbons (Fsp3) is 0.375. The average Bonchev–Trinajstić information content (AvgIpc) is 2.79. The van der Waals surface area contributed by atoms with Crippen LogP contribution in [0.3, 0.4) is 0 Å². The normalized spacial score (nSPS) is 14.6. The predicted octanol–water partition coefficient (Wildman–Crippen LogP) is 4.05. The highest BCUT2D eigenvalue weighted by Crippen LogP contribution is 2.28. The van der Waals surface area contributed by atoms with Crippen LogP contribution in [-0.4, -0.2) is 37.0 Å². The van der Waals surface area contributed by atoms with Gasteiger partial charge in [-0.05, 0) is 56.2 Å². The molecular weight excluding hydrogens is 427 g/mol. The molecule has 1 aliphatic rings. The number of benzene rings is 2. The predicted molar refractivity (Wildman–Crippen MR) is 124 cm³/mol. The summed E-state index contributed by atoms with van der Waals surface area (Å²) in [5.41, 5.74) is 1.03. The highest BCUT2D eigenvalue weighted by atomic mass is 19.1. The number of methoxy groups -OCH3 is 1. The molecule has 1 saturated carbocycles. The second-order valence-electron chi connectivity index (χ2n) is 8.04. The second kappa shape index (κ2) is 11.3. The van der Waals surface area contributed by atoms with E-state index in [1.54, 1.807) is 25.1 Å². The molecule has 2 aromatic rings. The topological polar surface area (TPSA) is 109 Å². The van der Waals surface area contributed by atoms with Crippen LogP contribution in [0.4, 0.5) is 20.6 Å². The summed E-state index contributed by atoms with van der Waals surface area (Å²) < 4.78 is 18.7. The summed E-state index contributed by atoms with van der Waals surface area (Å²) in [5, 5.41) is 10.9. The van der Waals surface area contributed by atoms with Crippen LogP contribution in [0.1, 0.15) is 49.4 Å². The van der Waals surface area contributed by atoms with Crippen molar-refractivity contribution in [1.29, 1.82) is 0 Å². The first-order valence-electron chi connectivity index (χ1n) is 11.0. The van der Waals surface area contributed by atoms with Gasteiger partial charge < -0.3 is 20.7 Å². The smallest absolute Gasteiger partial charge is 0.321 e. The molecule has 0 heterocycles. The highest BCUT2D eigenvalue weighted by Gasteiger charge is 2.20. The van der Waals surface area contributed by atoms with E-state index in [-0.39, 0.29) is 11.6 Å². The van der Waals surface area contributed by atoms with E-state index in [9.17, 15) is 18.8 Å². The minimum Gasteiger partial charge on any atom is -0.495 e. The van der Waals surface area contributed by atoms with E-state index in [0.29, 0.717) is 17.1 Å². The minimum absolute atomic E-state index is 0.0978. The Balaban J connectivity index is 1.61. The van der Waals surface area contributed by atoms with Crippen molar-refractivity contribution in [3.05, 3.63) is 53.8 Å². The van der Waals surface area contributed by atoms with Crippen LogP contribution in [0.25, 0.3) is 0 Å². The maximum absolute atomic E-state index is 13.4. The Hall–Kier alpha value is -3.62. The van der Waals surface area contributed by atoms with Crippen molar-refractivity contribution >= 4 is 29.2 Å². The van der Waals surface area contributed by atoms with Crippen molar-refractivity contribution in [2.75, 3.05) is 17.7 Å². The van der Waals surface area contributed by atoms with Gasteiger partial charge in [-0.1, -0.05) is 25.3 Å². The number of anilines is 2. The van der Waals surface area contributed by atoms with Crippen LogP contribution < -0.4 is 26.0 Å². The SMILES string of the molecule is COc1ccc(NC(C)C(=O)NC(=O)NC2CCCCC2)cc1NC(=O)c1cccc(F)c1. The van der Waals surface area contributed by atoms with Gasteiger partial charge in [0.1, 0.15) is 17.6 Å². The Kier molecular flexibility index (Phi) is 8.23. The van der Waals surface area contributed by atoms with Crippen LogP contribution in [0.15, 0.2) is 42.5 Å². The second-order valence-corrected chi connectivity index (χ2v) is 8.04. The van der Waals surface area contributed by atoms with E-state index >= 15 is 0 Å². The van der Waals surface area contributed by atoms with Crippen molar-refractivity contribution in [2.45, 2.75) is 51.1 Å². The molecule has 0 spiro atoms. The molecule has 4 amide bonds. The molecule has 2 aromatic carbocycles. The van der Waals surface area contributed by atoms with Crippen LogP contribution in [0.2, 0.25) is 0 Å². The Bertz CT molecular complexity index is 1010. The van der Waals surface area contributed by atoms with Gasteiger partial charge in [-0.15, -0.1) is 0 Å². The van der Waals surface area contributed by atoms with Gasteiger partial charge in [-0.2, -0.15) is 0 Å². The summed E-state index contributed by atoms with van der Waals surface area (Å²) in [7, 11) is 1.46. The molecule has 0 aliphatic heterocycles. The molecule has 176 valence electrons. The van der Waals surface area contributed by atoms with Crippen LogP contribution in [0, 0.1) is 5.82 Å². The molecule has 4 N–H and O–H groups in total. The quantitative estimate of drug-likeness (QED) is 0.503. The number of carbonyl (C=O) groups excluding carboxylic acids is 3. The lowest BCUT2D eigenvalue weighted by Gasteiger charge is -2.23. The molecule has 3 rings (SSSR count). The third-order valence-electron chi connectivity index (χ3n) is 5.49. The van der Waals surface area contributed by atoms with Crippen molar-refractivity contribution in [1.82, 2.24) is 10.6 Å². The fourth-order valence-corrected chi connectivity index (χ4v) is 3.72. The number of imide groups is 1. The molecular formula is C24H29FN4O4. The Morgan fingerprint density at radius 2 is 1.82 bits per heavy atom. The van der Waals surface area contributed by atoms with Crippen molar-refractivity contribution in [3.63, 3.8) is 0 Å². The van der Waals surface area contributed by atoms with E-state index in [0.717, 1.165) is 31.7 Å². The number of urea groups is 1. The third kappa shape index (κ3) is 6.93. The van der Waals surface area contributed by atoms with Gasteiger partial charge in [-0.25, -0.2) is 9.18 Å². The zero-order chi connectivity index (χ0) is 23.8. The summed E-state index contributed by atoms with van der Waals surface area (Å²) in [6.07, 6.45) is 5.17. The first-order valence-corrected chi connectivity index (χ1v) is 11.0.